The number of hydrogen-bond donors (Lipinski definition) is 1. The molecule has 3 aromatic carbocycles. The number of halogens is 3. The first-order valence-electron chi connectivity index (χ1n) is 11.3. The van der Waals surface area contributed by atoms with Crippen LogP contribution in [0.15, 0.2) is 48.5 Å². The number of nitrogens with zero attached hydrogens (tertiary/aromatic N) is 3. The second-order valence-electron chi connectivity index (χ2n) is 7.69. The van der Waals surface area contributed by atoms with Crippen molar-refractivity contribution >= 4 is 11.6 Å². The lowest BCUT2D eigenvalue weighted by atomic mass is 10.1. The number of anilines is 1. The average molecular weight is 528 g/mol. The van der Waals surface area contributed by atoms with Crippen molar-refractivity contribution < 1.29 is 36.9 Å². The van der Waals surface area contributed by atoms with Gasteiger partial charge in [0.15, 0.2) is 34.8 Å². The molecule has 0 spiro atoms. The van der Waals surface area contributed by atoms with Gasteiger partial charge in [0.2, 0.25) is 11.6 Å². The van der Waals surface area contributed by atoms with E-state index in [9.17, 15) is 18.0 Å². The number of rotatable bonds is 9. The van der Waals surface area contributed by atoms with Gasteiger partial charge in [-0.15, -0.1) is 5.10 Å². The van der Waals surface area contributed by atoms with Crippen LogP contribution in [0.3, 0.4) is 0 Å². The molecule has 1 amide bonds. The van der Waals surface area contributed by atoms with E-state index in [1.165, 1.54) is 26.0 Å². The molecule has 0 saturated heterocycles. The van der Waals surface area contributed by atoms with E-state index in [1.807, 2.05) is 6.92 Å². The van der Waals surface area contributed by atoms with E-state index in [0.29, 0.717) is 46.9 Å². The minimum Gasteiger partial charge on any atom is -0.494 e. The number of benzene rings is 3. The Morgan fingerprint density at radius 2 is 1.58 bits per heavy atom. The van der Waals surface area contributed by atoms with E-state index in [1.54, 1.807) is 36.4 Å². The molecule has 0 aliphatic heterocycles. The van der Waals surface area contributed by atoms with Crippen molar-refractivity contribution in [2.45, 2.75) is 6.92 Å². The average Bonchev–Trinajstić information content (AvgIpc) is 3.39. The molecule has 0 radical (unpaired) electrons. The standard InChI is InChI=1S/C26H23F3N4O5/c1-5-38-16-8-6-15(7-9-16)33-25(14-12-19(35-2)23(37-4)20(13-14)36-3)31-24(32-33)26(34)30-18-11-10-17(27)21(28)22(18)29/h6-13H,5H2,1-4H3,(H,30,34). The largest absolute Gasteiger partial charge is 0.494 e. The molecule has 4 aromatic rings. The van der Waals surface area contributed by atoms with E-state index >= 15 is 0 Å². The first-order valence-corrected chi connectivity index (χ1v) is 11.3. The van der Waals surface area contributed by atoms with Crippen LogP contribution in [-0.4, -0.2) is 48.6 Å². The lowest BCUT2D eigenvalue weighted by Crippen LogP contribution is -2.16. The van der Waals surface area contributed by atoms with E-state index in [2.05, 4.69) is 15.4 Å². The van der Waals surface area contributed by atoms with Gasteiger partial charge >= 0.3 is 0 Å². The van der Waals surface area contributed by atoms with Crippen molar-refractivity contribution in [1.29, 1.82) is 0 Å². The quantitative estimate of drug-likeness (QED) is 0.305. The first-order chi connectivity index (χ1) is 18.3. The molecule has 1 N–H and O–H groups in total. The summed E-state index contributed by atoms with van der Waals surface area (Å²) in [5.74, 6) is -4.14. The van der Waals surface area contributed by atoms with Gasteiger partial charge in [-0.2, -0.15) is 0 Å². The van der Waals surface area contributed by atoms with Crippen LogP contribution < -0.4 is 24.3 Å². The Morgan fingerprint density at radius 1 is 0.921 bits per heavy atom. The van der Waals surface area contributed by atoms with E-state index in [4.69, 9.17) is 18.9 Å². The third-order valence-electron chi connectivity index (χ3n) is 5.41. The summed E-state index contributed by atoms with van der Waals surface area (Å²) in [6.45, 7) is 2.33. The highest BCUT2D eigenvalue weighted by atomic mass is 19.2. The molecule has 1 heterocycles. The van der Waals surface area contributed by atoms with Gasteiger partial charge < -0.3 is 24.3 Å². The molecule has 1 aromatic heterocycles. The third-order valence-corrected chi connectivity index (χ3v) is 5.41. The van der Waals surface area contributed by atoms with Gasteiger partial charge in [-0.1, -0.05) is 0 Å². The Hall–Kier alpha value is -4.74. The van der Waals surface area contributed by atoms with Crippen LogP contribution in [0.4, 0.5) is 18.9 Å². The van der Waals surface area contributed by atoms with Crippen LogP contribution >= 0.6 is 0 Å². The molecule has 0 bridgehead atoms. The highest BCUT2D eigenvalue weighted by molar-refractivity contribution is 6.02. The van der Waals surface area contributed by atoms with E-state index < -0.39 is 29.0 Å². The lowest BCUT2D eigenvalue weighted by Gasteiger charge is -2.14. The number of amides is 1. The van der Waals surface area contributed by atoms with Gasteiger partial charge in [-0.05, 0) is 55.5 Å². The summed E-state index contributed by atoms with van der Waals surface area (Å²) in [5.41, 5.74) is 0.391. The number of ether oxygens (including phenoxy) is 4. The Kier molecular flexibility index (Phi) is 7.70. The molecule has 38 heavy (non-hydrogen) atoms. The minimum atomic E-state index is -1.71. The van der Waals surface area contributed by atoms with Gasteiger partial charge in [0.25, 0.3) is 5.91 Å². The Labute approximate surface area is 215 Å². The molecule has 0 unspecified atom stereocenters. The monoisotopic (exact) mass is 528 g/mol. The van der Waals surface area contributed by atoms with Gasteiger partial charge in [0, 0.05) is 5.56 Å². The maximum atomic E-state index is 14.2. The van der Waals surface area contributed by atoms with Crippen LogP contribution in [0.25, 0.3) is 17.1 Å². The third kappa shape index (κ3) is 5.05. The maximum absolute atomic E-state index is 14.2. The molecule has 0 aliphatic rings. The van der Waals surface area contributed by atoms with E-state index in [0.717, 1.165) is 6.07 Å². The van der Waals surface area contributed by atoms with Crippen LogP contribution in [0, 0.1) is 17.5 Å². The van der Waals surface area contributed by atoms with Crippen LogP contribution in [0.2, 0.25) is 0 Å². The molecule has 12 heteroatoms. The fraction of sp³-hybridized carbons (Fsp3) is 0.192. The summed E-state index contributed by atoms with van der Waals surface area (Å²) < 4.78 is 64.2. The topological polar surface area (TPSA) is 96.7 Å². The summed E-state index contributed by atoms with van der Waals surface area (Å²) in [6.07, 6.45) is 0. The first kappa shape index (κ1) is 26.3. The maximum Gasteiger partial charge on any atom is 0.295 e. The zero-order valence-corrected chi connectivity index (χ0v) is 20.8. The van der Waals surface area contributed by atoms with Crippen molar-refractivity contribution in [2.75, 3.05) is 33.3 Å². The van der Waals surface area contributed by atoms with Gasteiger partial charge in [-0.3, -0.25) is 4.79 Å². The van der Waals surface area contributed by atoms with Crippen LogP contribution in [-0.2, 0) is 0 Å². The van der Waals surface area contributed by atoms with Crippen molar-refractivity contribution in [3.8, 4) is 40.1 Å². The summed E-state index contributed by atoms with van der Waals surface area (Å²) in [4.78, 5) is 17.3. The highest BCUT2D eigenvalue weighted by Gasteiger charge is 2.24. The molecule has 9 nitrogen and oxygen atoms in total. The summed E-state index contributed by atoms with van der Waals surface area (Å²) in [7, 11) is 4.36. The molecule has 0 aliphatic carbocycles. The number of aromatic nitrogens is 3. The Bertz CT molecular complexity index is 1450. The Balaban J connectivity index is 1.83. The number of hydrogen-bond acceptors (Lipinski definition) is 7. The normalized spacial score (nSPS) is 10.7. The van der Waals surface area contributed by atoms with Gasteiger partial charge in [0.05, 0.1) is 39.3 Å². The minimum absolute atomic E-state index is 0.198. The SMILES string of the molecule is CCOc1ccc(-n2nc(C(=O)Nc3ccc(F)c(F)c3F)nc2-c2cc(OC)c(OC)c(OC)c2)cc1. The smallest absolute Gasteiger partial charge is 0.295 e. The van der Waals surface area contributed by atoms with Crippen molar-refractivity contribution in [3.63, 3.8) is 0 Å². The lowest BCUT2D eigenvalue weighted by molar-refractivity contribution is 0.101. The fourth-order valence-corrected chi connectivity index (χ4v) is 3.64. The summed E-state index contributed by atoms with van der Waals surface area (Å²) in [5, 5.41) is 6.48. The fourth-order valence-electron chi connectivity index (χ4n) is 3.64. The second kappa shape index (κ2) is 11.1. The highest BCUT2D eigenvalue weighted by Crippen LogP contribution is 2.41. The predicted octanol–water partition coefficient (Wildman–Crippen LogP) is 5.03. The molecule has 198 valence electrons. The zero-order chi connectivity index (χ0) is 27.4. The predicted molar refractivity (Wildman–Crippen MR) is 132 cm³/mol. The molecular weight excluding hydrogens is 505 g/mol. The number of nitrogens with one attached hydrogen (secondary N) is 1. The summed E-state index contributed by atoms with van der Waals surface area (Å²) in [6, 6.07) is 11.7. The molecule has 0 atom stereocenters. The van der Waals surface area contributed by atoms with Gasteiger partial charge in [-0.25, -0.2) is 22.8 Å². The molecule has 0 fully saturated rings. The zero-order valence-electron chi connectivity index (χ0n) is 20.8. The number of carbonyl (C=O) groups excluding carboxylic acids is 1. The van der Waals surface area contributed by atoms with Crippen molar-refractivity contribution in [3.05, 3.63) is 71.8 Å². The van der Waals surface area contributed by atoms with Crippen LogP contribution in [0.5, 0.6) is 23.0 Å². The molecule has 4 rings (SSSR count). The van der Waals surface area contributed by atoms with Crippen LogP contribution in [0.1, 0.15) is 17.5 Å². The molecule has 0 saturated carbocycles. The molecular formula is C26H23F3N4O5. The summed E-state index contributed by atoms with van der Waals surface area (Å²) >= 11 is 0. The van der Waals surface area contributed by atoms with E-state index in [-0.39, 0.29) is 11.6 Å². The second-order valence-corrected chi connectivity index (χ2v) is 7.69. The van der Waals surface area contributed by atoms with Gasteiger partial charge in [0.1, 0.15) is 5.75 Å². The Morgan fingerprint density at radius 3 is 2.16 bits per heavy atom. The van der Waals surface area contributed by atoms with Crippen molar-refractivity contribution in [1.82, 2.24) is 14.8 Å². The number of methoxy groups -OCH3 is 3. The number of carbonyl (C=O) groups is 1. The van der Waals surface area contributed by atoms with Crippen molar-refractivity contribution in [2.24, 2.45) is 0 Å².